The molecule has 0 bridgehead atoms. The zero-order valence-electron chi connectivity index (χ0n) is 9.45. The summed E-state index contributed by atoms with van der Waals surface area (Å²) < 4.78 is 0. The Hall–Kier alpha value is 0.336. The van der Waals surface area contributed by atoms with Crippen molar-refractivity contribution in [3.05, 3.63) is 5.84 Å². The van der Waals surface area contributed by atoms with Crippen LogP contribution < -0.4 is 62.1 Å². The summed E-state index contributed by atoms with van der Waals surface area (Å²) >= 11 is 0. The molecule has 0 atom stereocenters. The molecule has 2 amide bonds. The number of hydrogen-bond acceptors (Lipinski definition) is 2. The van der Waals surface area contributed by atoms with Gasteiger partial charge in [0.1, 0.15) is 0 Å². The monoisotopic (exact) mass is 253 g/mol. The SMILES string of the molecule is [K+].[NH-]NC(=O)NCC1CCC(C(=O)O)CC1. The molecule has 1 aliphatic carbocycles. The van der Waals surface area contributed by atoms with E-state index < -0.39 is 12.0 Å². The summed E-state index contributed by atoms with van der Waals surface area (Å²) in [5.41, 5.74) is 1.74. The largest absolute Gasteiger partial charge is 1.00 e. The van der Waals surface area contributed by atoms with E-state index in [1.165, 1.54) is 0 Å². The average molecular weight is 253 g/mol. The molecule has 0 radical (unpaired) electrons. The summed E-state index contributed by atoms with van der Waals surface area (Å²) in [7, 11) is 0. The first-order valence-electron chi connectivity index (χ1n) is 5.07. The number of carbonyl (C=O) groups is 2. The van der Waals surface area contributed by atoms with Crippen LogP contribution in [0.4, 0.5) is 4.79 Å². The molecule has 0 aromatic rings. The van der Waals surface area contributed by atoms with Gasteiger partial charge in [-0.25, -0.2) is 0 Å². The number of rotatable bonds is 3. The second kappa shape index (κ2) is 8.43. The maximum absolute atomic E-state index is 10.7. The predicted molar refractivity (Wildman–Crippen MR) is 53.9 cm³/mol. The van der Waals surface area contributed by atoms with E-state index in [0.29, 0.717) is 25.3 Å². The van der Waals surface area contributed by atoms with Crippen LogP contribution in [0, 0.1) is 11.8 Å². The smallest absolute Gasteiger partial charge is 0.582 e. The van der Waals surface area contributed by atoms with Gasteiger partial charge in [0, 0.05) is 6.54 Å². The number of urea groups is 1. The zero-order valence-corrected chi connectivity index (χ0v) is 12.6. The molecule has 1 aliphatic rings. The Bertz CT molecular complexity index is 242. The minimum atomic E-state index is -0.717. The van der Waals surface area contributed by atoms with Crippen LogP contribution in [0.3, 0.4) is 0 Å². The standard InChI is InChI=1S/C9H16N3O3.K/c10-12-9(15)11-5-6-1-3-7(4-2-6)8(13)14;/h6-7,10H,1-5H2,(H,13,14)(H2,11,12,15);/q-1;+1. The number of nitrogens with one attached hydrogen (secondary N) is 3. The fourth-order valence-electron chi connectivity index (χ4n) is 1.89. The van der Waals surface area contributed by atoms with Gasteiger partial charge in [-0.1, -0.05) is 0 Å². The molecule has 0 unspecified atom stereocenters. The Morgan fingerprint density at radius 1 is 1.25 bits per heavy atom. The third kappa shape index (κ3) is 5.60. The first-order chi connectivity index (χ1) is 7.13. The summed E-state index contributed by atoms with van der Waals surface area (Å²) in [4.78, 5) is 21.4. The average Bonchev–Trinajstić information content (AvgIpc) is 2.26. The molecule has 0 saturated heterocycles. The molecular formula is C9H16KN3O3. The van der Waals surface area contributed by atoms with E-state index in [1.807, 2.05) is 0 Å². The van der Waals surface area contributed by atoms with Gasteiger partial charge in [0.2, 0.25) is 0 Å². The van der Waals surface area contributed by atoms with E-state index in [9.17, 15) is 9.59 Å². The molecule has 0 heterocycles. The molecule has 1 saturated carbocycles. The molecule has 1 fully saturated rings. The number of carbonyl (C=O) groups excluding carboxylic acids is 1. The first-order valence-corrected chi connectivity index (χ1v) is 5.07. The number of hydrogen-bond donors (Lipinski definition) is 3. The minimum absolute atomic E-state index is 0. The number of carboxylic acids is 1. The topological polar surface area (TPSA) is 102 Å². The minimum Gasteiger partial charge on any atom is -0.582 e. The number of amides is 2. The van der Waals surface area contributed by atoms with Gasteiger partial charge in [-0.3, -0.25) is 9.59 Å². The van der Waals surface area contributed by atoms with E-state index in [2.05, 4.69) is 5.32 Å². The van der Waals surface area contributed by atoms with Crippen molar-refractivity contribution in [2.24, 2.45) is 11.8 Å². The van der Waals surface area contributed by atoms with Crippen LogP contribution in [0.5, 0.6) is 0 Å². The second-order valence-electron chi connectivity index (χ2n) is 3.89. The quantitative estimate of drug-likeness (QED) is 0.406. The summed E-state index contributed by atoms with van der Waals surface area (Å²) in [6.07, 6.45) is 3.03. The maximum atomic E-state index is 10.7. The second-order valence-corrected chi connectivity index (χ2v) is 3.89. The normalized spacial score (nSPS) is 24.1. The molecule has 86 valence electrons. The zero-order chi connectivity index (χ0) is 11.3. The van der Waals surface area contributed by atoms with E-state index in [4.69, 9.17) is 10.9 Å². The number of carboxylic acid groups (broad SMARTS) is 1. The van der Waals surface area contributed by atoms with E-state index in [1.54, 1.807) is 5.43 Å². The molecule has 1 rings (SSSR count). The Morgan fingerprint density at radius 3 is 2.25 bits per heavy atom. The van der Waals surface area contributed by atoms with Crippen LogP contribution >= 0.6 is 0 Å². The predicted octanol–water partition coefficient (Wildman–Crippen LogP) is -1.85. The van der Waals surface area contributed by atoms with Crippen LogP contribution in [0.25, 0.3) is 5.84 Å². The summed E-state index contributed by atoms with van der Waals surface area (Å²) in [6.45, 7) is 0.525. The molecule has 6 nitrogen and oxygen atoms in total. The van der Waals surface area contributed by atoms with E-state index >= 15 is 0 Å². The van der Waals surface area contributed by atoms with Gasteiger partial charge < -0.3 is 21.7 Å². The van der Waals surface area contributed by atoms with E-state index in [0.717, 1.165) is 12.8 Å². The van der Waals surface area contributed by atoms with Gasteiger partial charge in [-0.2, -0.15) is 0 Å². The van der Waals surface area contributed by atoms with E-state index in [-0.39, 0.29) is 57.3 Å². The fourth-order valence-corrected chi connectivity index (χ4v) is 1.89. The van der Waals surface area contributed by atoms with Gasteiger partial charge in [-0.15, -0.1) is 0 Å². The molecule has 7 heteroatoms. The molecule has 0 aliphatic heterocycles. The molecular weight excluding hydrogens is 237 g/mol. The van der Waals surface area contributed by atoms with Crippen LogP contribution in [0.2, 0.25) is 0 Å². The maximum Gasteiger partial charge on any atom is 1.00 e. The van der Waals surface area contributed by atoms with Gasteiger partial charge in [0.25, 0.3) is 6.03 Å². The van der Waals surface area contributed by atoms with Gasteiger partial charge >= 0.3 is 57.4 Å². The third-order valence-electron chi connectivity index (χ3n) is 2.86. The van der Waals surface area contributed by atoms with Gasteiger partial charge in [0.05, 0.1) is 5.92 Å². The summed E-state index contributed by atoms with van der Waals surface area (Å²) in [5, 5.41) is 11.3. The van der Waals surface area contributed by atoms with Crippen molar-refractivity contribution in [3.8, 4) is 0 Å². The van der Waals surface area contributed by atoms with Crippen molar-refractivity contribution in [2.45, 2.75) is 25.7 Å². The summed E-state index contributed by atoms with van der Waals surface area (Å²) in [6, 6.07) is -0.504. The Morgan fingerprint density at radius 2 is 1.81 bits per heavy atom. The van der Waals surface area contributed by atoms with Crippen molar-refractivity contribution in [3.63, 3.8) is 0 Å². The van der Waals surface area contributed by atoms with Crippen molar-refractivity contribution in [1.82, 2.24) is 10.7 Å². The third-order valence-corrected chi connectivity index (χ3v) is 2.86. The first kappa shape index (κ1) is 16.3. The van der Waals surface area contributed by atoms with Gasteiger partial charge in [-0.05, 0) is 31.6 Å². The summed E-state index contributed by atoms with van der Waals surface area (Å²) in [5.74, 6) is 5.99. The molecule has 0 aromatic heterocycles. The molecule has 4 N–H and O–H groups in total. The van der Waals surface area contributed by atoms with Crippen molar-refractivity contribution in [1.29, 1.82) is 0 Å². The van der Waals surface area contributed by atoms with Crippen LogP contribution in [0.15, 0.2) is 0 Å². The van der Waals surface area contributed by atoms with Crippen LogP contribution in [0.1, 0.15) is 25.7 Å². The molecule has 0 aromatic carbocycles. The Labute approximate surface area is 137 Å². The van der Waals surface area contributed by atoms with Crippen molar-refractivity contribution in [2.75, 3.05) is 6.54 Å². The Kier molecular flexibility index (Phi) is 8.61. The van der Waals surface area contributed by atoms with Gasteiger partial charge in [0.15, 0.2) is 0 Å². The number of aliphatic carboxylic acids is 1. The van der Waals surface area contributed by atoms with Crippen LogP contribution in [-0.4, -0.2) is 23.7 Å². The molecule has 0 spiro atoms. The van der Waals surface area contributed by atoms with Crippen molar-refractivity contribution < 1.29 is 66.1 Å². The Balaban J connectivity index is 0.00000225. The van der Waals surface area contributed by atoms with Crippen LogP contribution in [-0.2, 0) is 4.79 Å². The van der Waals surface area contributed by atoms with Crippen molar-refractivity contribution >= 4 is 12.0 Å². The molecule has 16 heavy (non-hydrogen) atoms. The fraction of sp³-hybridized carbons (Fsp3) is 0.778.